The van der Waals surface area contributed by atoms with Crippen molar-refractivity contribution in [2.75, 3.05) is 5.32 Å². The standard InChI is InChI=1S/C18H17FN4O/c1-2-18(24)23-17(21-12-13-6-8-14(19)9-7-13)11-16(22-23)15-5-3-4-10-20-15/h3-11,21H,2,12H2,1H3. The first-order chi connectivity index (χ1) is 11.7. The van der Waals surface area contributed by atoms with E-state index in [4.69, 9.17) is 0 Å². The summed E-state index contributed by atoms with van der Waals surface area (Å²) in [6.45, 7) is 2.25. The highest BCUT2D eigenvalue weighted by Crippen LogP contribution is 2.21. The van der Waals surface area contributed by atoms with Crippen LogP contribution in [-0.4, -0.2) is 20.7 Å². The van der Waals surface area contributed by atoms with Gasteiger partial charge in [-0.15, -0.1) is 0 Å². The molecular formula is C18H17FN4O. The van der Waals surface area contributed by atoms with Crippen LogP contribution in [0.3, 0.4) is 0 Å². The summed E-state index contributed by atoms with van der Waals surface area (Å²) in [5.41, 5.74) is 2.23. The molecule has 0 spiro atoms. The third-order valence-corrected chi connectivity index (χ3v) is 3.56. The predicted octanol–water partition coefficient (Wildman–Crippen LogP) is 3.75. The summed E-state index contributed by atoms with van der Waals surface area (Å²) in [4.78, 5) is 16.4. The van der Waals surface area contributed by atoms with Gasteiger partial charge in [0.25, 0.3) is 0 Å². The molecule has 1 aromatic carbocycles. The van der Waals surface area contributed by atoms with Crippen LogP contribution < -0.4 is 5.32 Å². The van der Waals surface area contributed by atoms with Crippen LogP contribution in [-0.2, 0) is 6.54 Å². The second-order valence-electron chi connectivity index (χ2n) is 5.27. The Kier molecular flexibility index (Phi) is 4.65. The van der Waals surface area contributed by atoms with Crippen molar-refractivity contribution in [2.45, 2.75) is 19.9 Å². The van der Waals surface area contributed by atoms with Gasteiger partial charge in [-0.2, -0.15) is 9.78 Å². The third-order valence-electron chi connectivity index (χ3n) is 3.56. The fourth-order valence-electron chi connectivity index (χ4n) is 2.28. The van der Waals surface area contributed by atoms with E-state index in [1.807, 2.05) is 18.2 Å². The van der Waals surface area contributed by atoms with E-state index in [1.165, 1.54) is 16.8 Å². The number of anilines is 1. The SMILES string of the molecule is CCC(=O)n1nc(-c2ccccn2)cc1NCc1ccc(F)cc1. The van der Waals surface area contributed by atoms with E-state index in [0.29, 0.717) is 30.2 Å². The molecule has 3 aromatic rings. The highest BCUT2D eigenvalue weighted by atomic mass is 19.1. The van der Waals surface area contributed by atoms with Gasteiger partial charge in [-0.1, -0.05) is 25.1 Å². The molecule has 6 heteroatoms. The van der Waals surface area contributed by atoms with Crippen LogP contribution in [0.15, 0.2) is 54.7 Å². The molecule has 0 saturated carbocycles. The maximum absolute atomic E-state index is 13.0. The summed E-state index contributed by atoms with van der Waals surface area (Å²) in [5, 5.41) is 7.54. The summed E-state index contributed by atoms with van der Waals surface area (Å²) in [6, 6.07) is 13.5. The van der Waals surface area contributed by atoms with Crippen molar-refractivity contribution >= 4 is 11.7 Å². The van der Waals surface area contributed by atoms with E-state index in [9.17, 15) is 9.18 Å². The molecule has 0 aliphatic rings. The van der Waals surface area contributed by atoms with Gasteiger partial charge in [-0.25, -0.2) is 4.39 Å². The van der Waals surface area contributed by atoms with Gasteiger partial charge in [0.15, 0.2) is 0 Å². The number of carbonyl (C=O) groups is 1. The molecule has 0 aliphatic heterocycles. The van der Waals surface area contributed by atoms with Gasteiger partial charge >= 0.3 is 0 Å². The smallest absolute Gasteiger partial charge is 0.248 e. The van der Waals surface area contributed by atoms with Gasteiger partial charge < -0.3 is 5.32 Å². The molecule has 0 saturated heterocycles. The molecule has 1 N–H and O–H groups in total. The Bertz CT molecular complexity index is 828. The second kappa shape index (κ2) is 7.04. The Hall–Kier alpha value is -3.02. The van der Waals surface area contributed by atoms with E-state index in [1.54, 1.807) is 31.3 Å². The predicted molar refractivity (Wildman–Crippen MR) is 90.1 cm³/mol. The number of rotatable bonds is 5. The largest absolute Gasteiger partial charge is 0.366 e. The number of nitrogens with one attached hydrogen (secondary N) is 1. The normalized spacial score (nSPS) is 10.6. The Balaban J connectivity index is 1.86. The zero-order valence-electron chi connectivity index (χ0n) is 13.2. The first-order valence-electron chi connectivity index (χ1n) is 7.70. The monoisotopic (exact) mass is 324 g/mol. The summed E-state index contributed by atoms with van der Waals surface area (Å²) in [7, 11) is 0. The van der Waals surface area contributed by atoms with Crippen molar-refractivity contribution in [1.29, 1.82) is 0 Å². The number of halogens is 1. The van der Waals surface area contributed by atoms with Gasteiger partial charge in [0.05, 0.1) is 5.69 Å². The number of hydrogen-bond donors (Lipinski definition) is 1. The van der Waals surface area contributed by atoms with Crippen molar-refractivity contribution in [1.82, 2.24) is 14.8 Å². The molecule has 5 nitrogen and oxygen atoms in total. The number of carbonyl (C=O) groups excluding carboxylic acids is 1. The van der Waals surface area contributed by atoms with Crippen LogP contribution in [0.5, 0.6) is 0 Å². The molecule has 122 valence electrons. The summed E-state index contributed by atoms with van der Waals surface area (Å²) in [6.07, 6.45) is 2.02. The van der Waals surface area contributed by atoms with Gasteiger partial charge in [-0.3, -0.25) is 9.78 Å². The molecule has 24 heavy (non-hydrogen) atoms. The lowest BCUT2D eigenvalue weighted by Gasteiger charge is -2.08. The fraction of sp³-hybridized carbons (Fsp3) is 0.167. The highest BCUT2D eigenvalue weighted by molar-refractivity contribution is 5.82. The molecular weight excluding hydrogens is 307 g/mol. The number of aromatic nitrogens is 3. The quantitative estimate of drug-likeness (QED) is 0.776. The minimum atomic E-state index is -0.276. The highest BCUT2D eigenvalue weighted by Gasteiger charge is 2.14. The van der Waals surface area contributed by atoms with Crippen LogP contribution in [0, 0.1) is 5.82 Å². The van der Waals surface area contributed by atoms with Crippen LogP contribution in [0.4, 0.5) is 10.2 Å². The molecule has 0 bridgehead atoms. The summed E-state index contributed by atoms with van der Waals surface area (Å²) in [5.74, 6) is 0.202. The molecule has 2 heterocycles. The Labute approximate surface area is 139 Å². The van der Waals surface area contributed by atoms with E-state index < -0.39 is 0 Å². The Morgan fingerprint density at radius 3 is 2.62 bits per heavy atom. The van der Waals surface area contributed by atoms with Crippen molar-refractivity contribution < 1.29 is 9.18 Å². The zero-order valence-corrected chi connectivity index (χ0v) is 13.2. The van der Waals surface area contributed by atoms with Crippen LogP contribution in [0.2, 0.25) is 0 Å². The van der Waals surface area contributed by atoms with Gasteiger partial charge in [0, 0.05) is 25.2 Å². The van der Waals surface area contributed by atoms with E-state index in [2.05, 4.69) is 15.4 Å². The second-order valence-corrected chi connectivity index (χ2v) is 5.27. The maximum atomic E-state index is 13.0. The van der Waals surface area contributed by atoms with Gasteiger partial charge in [0.1, 0.15) is 17.3 Å². The molecule has 0 fully saturated rings. The number of pyridine rings is 1. The van der Waals surface area contributed by atoms with Crippen molar-refractivity contribution in [2.24, 2.45) is 0 Å². The molecule has 0 amide bonds. The number of benzene rings is 1. The van der Waals surface area contributed by atoms with Crippen LogP contribution >= 0.6 is 0 Å². The zero-order chi connectivity index (χ0) is 16.9. The first-order valence-corrected chi connectivity index (χ1v) is 7.70. The molecule has 3 rings (SSSR count). The van der Waals surface area contributed by atoms with E-state index >= 15 is 0 Å². The fourth-order valence-corrected chi connectivity index (χ4v) is 2.28. The molecule has 0 unspecified atom stereocenters. The third kappa shape index (κ3) is 3.48. The Morgan fingerprint density at radius 2 is 1.96 bits per heavy atom. The molecule has 0 radical (unpaired) electrons. The average molecular weight is 324 g/mol. The van der Waals surface area contributed by atoms with Gasteiger partial charge in [0.2, 0.25) is 5.91 Å². The van der Waals surface area contributed by atoms with Crippen molar-refractivity contribution in [3.8, 4) is 11.4 Å². The topological polar surface area (TPSA) is 59.8 Å². The first kappa shape index (κ1) is 15.9. The average Bonchev–Trinajstić information content (AvgIpc) is 3.05. The molecule has 0 atom stereocenters. The van der Waals surface area contributed by atoms with E-state index in [0.717, 1.165) is 5.56 Å². The van der Waals surface area contributed by atoms with Crippen LogP contribution in [0.25, 0.3) is 11.4 Å². The maximum Gasteiger partial charge on any atom is 0.248 e. The summed E-state index contributed by atoms with van der Waals surface area (Å²) >= 11 is 0. The number of nitrogens with zero attached hydrogens (tertiary/aromatic N) is 3. The van der Waals surface area contributed by atoms with Gasteiger partial charge in [-0.05, 0) is 29.8 Å². The van der Waals surface area contributed by atoms with Crippen molar-refractivity contribution in [3.63, 3.8) is 0 Å². The minimum absolute atomic E-state index is 0.112. The molecule has 2 aromatic heterocycles. The Morgan fingerprint density at radius 1 is 1.17 bits per heavy atom. The summed E-state index contributed by atoms with van der Waals surface area (Å²) < 4.78 is 14.3. The lowest BCUT2D eigenvalue weighted by molar-refractivity contribution is 0.0896. The van der Waals surface area contributed by atoms with Crippen molar-refractivity contribution in [3.05, 3.63) is 66.1 Å². The molecule has 0 aliphatic carbocycles. The number of hydrogen-bond acceptors (Lipinski definition) is 4. The van der Waals surface area contributed by atoms with Crippen LogP contribution in [0.1, 0.15) is 23.7 Å². The lowest BCUT2D eigenvalue weighted by Crippen LogP contribution is -2.15. The van der Waals surface area contributed by atoms with E-state index in [-0.39, 0.29) is 11.7 Å². The minimum Gasteiger partial charge on any atom is -0.366 e. The lowest BCUT2D eigenvalue weighted by atomic mass is 10.2.